The van der Waals surface area contributed by atoms with Crippen molar-refractivity contribution in [2.24, 2.45) is 0 Å². The van der Waals surface area contributed by atoms with Crippen molar-refractivity contribution in [1.29, 1.82) is 0 Å². The molecule has 1 fully saturated rings. The number of benzene rings is 1. The van der Waals surface area contributed by atoms with Crippen LogP contribution in [0.25, 0.3) is 0 Å². The van der Waals surface area contributed by atoms with Gasteiger partial charge in [-0.15, -0.1) is 0 Å². The highest BCUT2D eigenvalue weighted by molar-refractivity contribution is 5.73. The van der Waals surface area contributed by atoms with Gasteiger partial charge in [-0.05, 0) is 25.0 Å². The third-order valence-corrected chi connectivity index (χ3v) is 2.61. The molecule has 4 nitrogen and oxygen atoms in total. The van der Waals surface area contributed by atoms with E-state index in [9.17, 15) is 13.6 Å². The van der Waals surface area contributed by atoms with E-state index in [-0.39, 0.29) is 18.4 Å². The van der Waals surface area contributed by atoms with Gasteiger partial charge in [-0.3, -0.25) is 10.1 Å². The summed E-state index contributed by atoms with van der Waals surface area (Å²) in [6.45, 7) is -0.244. The first kappa shape index (κ1) is 12.8. The number of aliphatic carboxylic acids is 1. The van der Waals surface area contributed by atoms with Crippen molar-refractivity contribution in [1.82, 2.24) is 5.32 Å². The maximum absolute atomic E-state index is 13.2. The Balaban J connectivity index is 1.95. The molecule has 1 saturated carbocycles. The van der Waals surface area contributed by atoms with Gasteiger partial charge >= 0.3 is 5.97 Å². The fourth-order valence-corrected chi connectivity index (χ4v) is 1.49. The zero-order chi connectivity index (χ0) is 13.1. The van der Waals surface area contributed by atoms with Gasteiger partial charge in [-0.1, -0.05) is 0 Å². The van der Waals surface area contributed by atoms with E-state index in [1.807, 2.05) is 0 Å². The Kier molecular flexibility index (Phi) is 3.76. The molecule has 98 valence electrons. The minimum absolute atomic E-state index is 0.187. The van der Waals surface area contributed by atoms with E-state index in [1.165, 1.54) is 0 Å². The van der Waals surface area contributed by atoms with Crippen molar-refractivity contribution >= 4 is 5.97 Å². The quantitative estimate of drug-likeness (QED) is 0.811. The Hall–Kier alpha value is -1.69. The number of nitrogens with one attached hydrogen (secondary N) is 1. The van der Waals surface area contributed by atoms with Crippen LogP contribution in [0.2, 0.25) is 0 Å². The first-order valence-electron chi connectivity index (χ1n) is 5.63. The van der Waals surface area contributed by atoms with Gasteiger partial charge < -0.3 is 9.84 Å². The third-order valence-electron chi connectivity index (χ3n) is 2.61. The lowest BCUT2D eigenvalue weighted by Crippen LogP contribution is -2.42. The van der Waals surface area contributed by atoms with Crippen LogP contribution < -0.4 is 10.1 Å². The van der Waals surface area contributed by atoms with Crippen LogP contribution in [0.5, 0.6) is 5.75 Å². The molecule has 0 aromatic heterocycles. The Morgan fingerprint density at radius 1 is 1.50 bits per heavy atom. The third kappa shape index (κ3) is 3.40. The second-order valence-corrected chi connectivity index (χ2v) is 4.22. The predicted molar refractivity (Wildman–Crippen MR) is 59.4 cm³/mol. The average Bonchev–Trinajstić information content (AvgIpc) is 3.12. The molecule has 0 heterocycles. The van der Waals surface area contributed by atoms with Gasteiger partial charge in [0.15, 0.2) is 11.6 Å². The predicted octanol–water partition coefficient (Wildman–Crippen LogP) is 1.55. The van der Waals surface area contributed by atoms with Crippen LogP contribution in [-0.2, 0) is 4.79 Å². The lowest BCUT2D eigenvalue weighted by Gasteiger charge is -2.15. The van der Waals surface area contributed by atoms with E-state index >= 15 is 0 Å². The Labute approximate surface area is 103 Å². The summed E-state index contributed by atoms with van der Waals surface area (Å²) in [4.78, 5) is 10.9. The number of hydrogen-bond acceptors (Lipinski definition) is 3. The number of carboxylic acids is 1. The number of hydrogen-bond donors (Lipinski definition) is 2. The van der Waals surface area contributed by atoms with E-state index in [4.69, 9.17) is 9.84 Å². The maximum Gasteiger partial charge on any atom is 0.324 e. The summed E-state index contributed by atoms with van der Waals surface area (Å²) < 4.78 is 31.1. The SMILES string of the molecule is O=C(O)C(COc1cc(F)ccc1F)NC1CC1. The topological polar surface area (TPSA) is 58.6 Å². The number of ether oxygens (including phenoxy) is 1. The molecule has 1 atom stereocenters. The van der Waals surface area contributed by atoms with Crippen LogP contribution in [-0.4, -0.2) is 29.8 Å². The summed E-state index contributed by atoms with van der Waals surface area (Å²) in [7, 11) is 0. The summed E-state index contributed by atoms with van der Waals surface area (Å²) in [6, 6.07) is 2.08. The molecule has 0 spiro atoms. The van der Waals surface area contributed by atoms with Crippen molar-refractivity contribution in [3.05, 3.63) is 29.8 Å². The molecule has 0 aliphatic heterocycles. The molecule has 1 aliphatic rings. The minimum Gasteiger partial charge on any atom is -0.488 e. The van der Waals surface area contributed by atoms with Crippen LogP contribution in [0.4, 0.5) is 8.78 Å². The van der Waals surface area contributed by atoms with Gasteiger partial charge in [0.05, 0.1) is 0 Å². The van der Waals surface area contributed by atoms with E-state index in [1.54, 1.807) is 0 Å². The molecule has 18 heavy (non-hydrogen) atoms. The lowest BCUT2D eigenvalue weighted by atomic mass is 10.3. The lowest BCUT2D eigenvalue weighted by molar-refractivity contribution is -0.140. The Bertz CT molecular complexity index is 449. The van der Waals surface area contributed by atoms with Crippen molar-refractivity contribution in [3.8, 4) is 5.75 Å². The smallest absolute Gasteiger partial charge is 0.324 e. The molecule has 1 aliphatic carbocycles. The van der Waals surface area contributed by atoms with Crippen molar-refractivity contribution in [2.75, 3.05) is 6.61 Å². The van der Waals surface area contributed by atoms with Crippen LogP contribution in [0.3, 0.4) is 0 Å². The average molecular weight is 257 g/mol. The standard InChI is InChI=1S/C12H13F2NO3/c13-7-1-4-9(14)11(5-7)18-6-10(12(16)17)15-8-2-3-8/h1,4-5,8,10,15H,2-3,6H2,(H,16,17). The molecule has 0 amide bonds. The molecule has 0 saturated heterocycles. The molecule has 1 aromatic carbocycles. The zero-order valence-electron chi connectivity index (χ0n) is 9.53. The highest BCUT2D eigenvalue weighted by Crippen LogP contribution is 2.21. The first-order valence-corrected chi connectivity index (χ1v) is 5.63. The highest BCUT2D eigenvalue weighted by Gasteiger charge is 2.28. The monoisotopic (exact) mass is 257 g/mol. The number of halogens is 2. The van der Waals surface area contributed by atoms with Crippen LogP contribution in [0.1, 0.15) is 12.8 Å². The van der Waals surface area contributed by atoms with Crippen LogP contribution >= 0.6 is 0 Å². The van der Waals surface area contributed by atoms with Crippen LogP contribution in [0, 0.1) is 11.6 Å². The summed E-state index contributed by atoms with van der Waals surface area (Å²) >= 11 is 0. The van der Waals surface area contributed by atoms with E-state index in [2.05, 4.69) is 5.32 Å². The van der Waals surface area contributed by atoms with Gasteiger partial charge in [0.2, 0.25) is 0 Å². The molecule has 1 aromatic rings. The Morgan fingerprint density at radius 2 is 2.22 bits per heavy atom. The molecular formula is C12H13F2NO3. The van der Waals surface area contributed by atoms with Crippen molar-refractivity contribution in [3.63, 3.8) is 0 Å². The maximum atomic E-state index is 13.2. The molecule has 1 unspecified atom stereocenters. The van der Waals surface area contributed by atoms with Gasteiger partial charge in [0, 0.05) is 12.1 Å². The van der Waals surface area contributed by atoms with E-state index in [0.29, 0.717) is 0 Å². The number of carboxylic acid groups (broad SMARTS) is 1. The highest BCUT2D eigenvalue weighted by atomic mass is 19.1. The zero-order valence-corrected chi connectivity index (χ0v) is 9.53. The summed E-state index contributed by atoms with van der Waals surface area (Å²) in [5, 5.41) is 11.8. The summed E-state index contributed by atoms with van der Waals surface area (Å²) in [5.74, 6) is -2.70. The van der Waals surface area contributed by atoms with Crippen LogP contribution in [0.15, 0.2) is 18.2 Å². The molecule has 0 radical (unpaired) electrons. The second-order valence-electron chi connectivity index (χ2n) is 4.22. The van der Waals surface area contributed by atoms with Gasteiger partial charge in [-0.2, -0.15) is 0 Å². The van der Waals surface area contributed by atoms with Crippen molar-refractivity contribution < 1.29 is 23.4 Å². The van der Waals surface area contributed by atoms with Gasteiger partial charge in [0.1, 0.15) is 18.5 Å². The fraction of sp³-hybridized carbons (Fsp3) is 0.417. The van der Waals surface area contributed by atoms with Crippen molar-refractivity contribution in [2.45, 2.75) is 24.9 Å². The van der Waals surface area contributed by atoms with E-state index in [0.717, 1.165) is 31.0 Å². The molecule has 2 N–H and O–H groups in total. The molecular weight excluding hydrogens is 244 g/mol. The molecule has 2 rings (SSSR count). The fourth-order valence-electron chi connectivity index (χ4n) is 1.49. The number of rotatable bonds is 6. The minimum atomic E-state index is -1.07. The first-order chi connectivity index (χ1) is 8.56. The van der Waals surface area contributed by atoms with Gasteiger partial charge in [0.25, 0.3) is 0 Å². The Morgan fingerprint density at radius 3 is 2.83 bits per heavy atom. The summed E-state index contributed by atoms with van der Waals surface area (Å²) in [5.41, 5.74) is 0. The van der Waals surface area contributed by atoms with E-state index < -0.39 is 23.6 Å². The summed E-state index contributed by atoms with van der Waals surface area (Å²) in [6.07, 6.45) is 1.86. The molecule has 6 heteroatoms. The largest absolute Gasteiger partial charge is 0.488 e. The second kappa shape index (κ2) is 5.30. The molecule has 0 bridgehead atoms. The van der Waals surface area contributed by atoms with Gasteiger partial charge in [-0.25, -0.2) is 8.78 Å². The normalized spacial score (nSPS) is 16.3. The number of carbonyl (C=O) groups is 1.